The van der Waals surface area contributed by atoms with E-state index in [9.17, 15) is 4.79 Å². The average Bonchev–Trinajstić information content (AvgIpc) is 2.96. The van der Waals surface area contributed by atoms with E-state index in [1.54, 1.807) is 23.1 Å². The lowest BCUT2D eigenvalue weighted by molar-refractivity contribution is -0.126. The van der Waals surface area contributed by atoms with Gasteiger partial charge in [-0.25, -0.2) is 0 Å². The predicted molar refractivity (Wildman–Crippen MR) is 97.8 cm³/mol. The molecule has 1 aliphatic rings. The van der Waals surface area contributed by atoms with Gasteiger partial charge in [0.1, 0.15) is 11.5 Å². The first-order valence-electron chi connectivity index (χ1n) is 8.39. The minimum Gasteiger partial charge on any atom is -0.474 e. The van der Waals surface area contributed by atoms with Crippen LogP contribution in [-0.4, -0.2) is 11.1 Å². The summed E-state index contributed by atoms with van der Waals surface area (Å²) in [7, 11) is 0. The summed E-state index contributed by atoms with van der Waals surface area (Å²) in [6, 6.07) is 14.8. The Morgan fingerprint density at radius 1 is 1.15 bits per heavy atom. The van der Waals surface area contributed by atoms with Crippen LogP contribution in [0, 0.1) is 13.8 Å². The van der Waals surface area contributed by atoms with Gasteiger partial charge in [-0.05, 0) is 32.0 Å². The van der Waals surface area contributed by atoms with Crippen LogP contribution in [-0.2, 0) is 11.3 Å². The van der Waals surface area contributed by atoms with E-state index in [1.807, 2.05) is 44.2 Å². The van der Waals surface area contributed by atoms with Gasteiger partial charge < -0.3 is 19.9 Å². The number of nitrogen functional groups attached to an aromatic ring is 1. The van der Waals surface area contributed by atoms with Crippen molar-refractivity contribution in [1.82, 2.24) is 5.16 Å². The van der Waals surface area contributed by atoms with Crippen LogP contribution >= 0.6 is 0 Å². The maximum absolute atomic E-state index is 13.3. The van der Waals surface area contributed by atoms with Crippen LogP contribution in [0.4, 0.5) is 11.4 Å². The van der Waals surface area contributed by atoms with Crippen molar-refractivity contribution < 1.29 is 14.1 Å². The number of carbonyl (C=O) groups is 1. The number of rotatable bonds is 3. The maximum Gasteiger partial charge on any atom is 0.273 e. The number of ether oxygens (including phenoxy) is 1. The molecule has 26 heavy (non-hydrogen) atoms. The molecule has 0 spiro atoms. The Balaban J connectivity index is 1.79. The Labute approximate surface area is 151 Å². The SMILES string of the molecule is Cc1noc(C)c1CN1C(=O)C(c2ccccc2)Oc2ccc(N)cc21. The van der Waals surface area contributed by atoms with Crippen molar-refractivity contribution >= 4 is 17.3 Å². The number of anilines is 2. The molecule has 0 aliphatic carbocycles. The summed E-state index contributed by atoms with van der Waals surface area (Å²) >= 11 is 0. The first-order valence-corrected chi connectivity index (χ1v) is 8.39. The van der Waals surface area contributed by atoms with Gasteiger partial charge in [-0.15, -0.1) is 0 Å². The van der Waals surface area contributed by atoms with Crippen LogP contribution in [0.25, 0.3) is 0 Å². The van der Waals surface area contributed by atoms with E-state index >= 15 is 0 Å². The number of nitrogens with two attached hydrogens (primary N) is 1. The number of benzene rings is 2. The number of aryl methyl sites for hydroxylation is 2. The Hall–Kier alpha value is -3.28. The number of carbonyl (C=O) groups excluding carboxylic acids is 1. The zero-order valence-corrected chi connectivity index (χ0v) is 14.6. The highest BCUT2D eigenvalue weighted by atomic mass is 16.5. The van der Waals surface area contributed by atoms with E-state index < -0.39 is 6.10 Å². The van der Waals surface area contributed by atoms with Gasteiger partial charge in [0.2, 0.25) is 6.10 Å². The summed E-state index contributed by atoms with van der Waals surface area (Å²) in [6.45, 7) is 4.06. The van der Waals surface area contributed by atoms with Gasteiger partial charge in [-0.2, -0.15) is 0 Å². The zero-order chi connectivity index (χ0) is 18.3. The second-order valence-corrected chi connectivity index (χ2v) is 6.36. The molecule has 2 N–H and O–H groups in total. The molecular weight excluding hydrogens is 330 g/mol. The molecule has 0 fully saturated rings. The van der Waals surface area contributed by atoms with Gasteiger partial charge in [0.25, 0.3) is 5.91 Å². The first kappa shape index (κ1) is 16.2. The van der Waals surface area contributed by atoms with Gasteiger partial charge in [0, 0.05) is 16.8 Å². The number of fused-ring (bicyclic) bond motifs is 1. The van der Waals surface area contributed by atoms with Crippen LogP contribution in [0.5, 0.6) is 5.75 Å². The quantitative estimate of drug-likeness (QED) is 0.732. The van der Waals surface area contributed by atoms with Crippen molar-refractivity contribution in [3.05, 3.63) is 71.1 Å². The molecule has 6 nitrogen and oxygen atoms in total. The fourth-order valence-electron chi connectivity index (χ4n) is 3.17. The third-order valence-corrected chi connectivity index (χ3v) is 4.61. The topological polar surface area (TPSA) is 81.6 Å². The Kier molecular flexibility index (Phi) is 3.88. The van der Waals surface area contributed by atoms with Crippen molar-refractivity contribution in [3.63, 3.8) is 0 Å². The minimum absolute atomic E-state index is 0.144. The van der Waals surface area contributed by atoms with Crippen LogP contribution in [0.2, 0.25) is 0 Å². The molecule has 1 atom stereocenters. The van der Waals surface area contributed by atoms with Gasteiger partial charge in [0.05, 0.1) is 17.9 Å². The molecule has 0 saturated heterocycles. The van der Waals surface area contributed by atoms with E-state index in [2.05, 4.69) is 5.16 Å². The number of nitrogens with zero attached hydrogens (tertiary/aromatic N) is 2. The second kappa shape index (κ2) is 6.22. The third-order valence-electron chi connectivity index (χ3n) is 4.61. The maximum atomic E-state index is 13.3. The number of hydrogen-bond donors (Lipinski definition) is 1. The molecule has 2 heterocycles. The average molecular weight is 349 g/mol. The summed E-state index contributed by atoms with van der Waals surface area (Å²) < 4.78 is 11.3. The lowest BCUT2D eigenvalue weighted by Crippen LogP contribution is -2.41. The summed E-state index contributed by atoms with van der Waals surface area (Å²) in [5.74, 6) is 1.18. The summed E-state index contributed by atoms with van der Waals surface area (Å²) in [5, 5.41) is 3.99. The molecule has 6 heteroatoms. The summed E-state index contributed by atoms with van der Waals surface area (Å²) in [4.78, 5) is 15.0. The lowest BCUT2D eigenvalue weighted by Gasteiger charge is -2.34. The van der Waals surface area contributed by atoms with Gasteiger partial charge in [0.15, 0.2) is 0 Å². The Morgan fingerprint density at radius 2 is 1.92 bits per heavy atom. The van der Waals surface area contributed by atoms with Gasteiger partial charge in [-0.3, -0.25) is 4.79 Å². The molecule has 3 aromatic rings. The summed E-state index contributed by atoms with van der Waals surface area (Å²) in [5.41, 5.74) is 9.64. The number of hydrogen-bond acceptors (Lipinski definition) is 5. The van der Waals surface area contributed by atoms with Crippen molar-refractivity contribution in [1.29, 1.82) is 0 Å². The Bertz CT molecular complexity index is 946. The lowest BCUT2D eigenvalue weighted by atomic mass is 10.0. The molecule has 1 unspecified atom stereocenters. The molecule has 0 radical (unpaired) electrons. The highest BCUT2D eigenvalue weighted by molar-refractivity contribution is 6.01. The molecule has 1 amide bonds. The van der Waals surface area contributed by atoms with Crippen LogP contribution in [0.3, 0.4) is 0 Å². The number of aromatic nitrogens is 1. The monoisotopic (exact) mass is 349 g/mol. The highest BCUT2D eigenvalue weighted by Gasteiger charge is 2.36. The van der Waals surface area contributed by atoms with Crippen molar-refractivity contribution in [2.24, 2.45) is 0 Å². The fourth-order valence-corrected chi connectivity index (χ4v) is 3.17. The van der Waals surface area contributed by atoms with Crippen molar-refractivity contribution in [2.45, 2.75) is 26.5 Å². The molecule has 4 rings (SSSR count). The third kappa shape index (κ3) is 2.69. The number of amides is 1. The van der Waals surface area contributed by atoms with E-state index in [1.165, 1.54) is 0 Å². The molecule has 1 aromatic heterocycles. The molecule has 0 bridgehead atoms. The molecule has 132 valence electrons. The van der Waals surface area contributed by atoms with Crippen molar-refractivity contribution in [2.75, 3.05) is 10.6 Å². The van der Waals surface area contributed by atoms with E-state index in [0.29, 0.717) is 29.4 Å². The van der Waals surface area contributed by atoms with Crippen LogP contribution in [0.1, 0.15) is 28.7 Å². The zero-order valence-electron chi connectivity index (χ0n) is 14.6. The van der Waals surface area contributed by atoms with Gasteiger partial charge >= 0.3 is 0 Å². The van der Waals surface area contributed by atoms with Crippen LogP contribution < -0.4 is 15.4 Å². The molecule has 1 aliphatic heterocycles. The van der Waals surface area contributed by atoms with E-state index in [0.717, 1.165) is 16.8 Å². The fraction of sp³-hybridized carbons (Fsp3) is 0.200. The first-order chi connectivity index (χ1) is 12.5. The predicted octanol–water partition coefficient (Wildman–Crippen LogP) is 3.54. The normalized spacial score (nSPS) is 16.3. The van der Waals surface area contributed by atoms with Crippen LogP contribution in [0.15, 0.2) is 53.1 Å². The largest absolute Gasteiger partial charge is 0.474 e. The molecule has 0 saturated carbocycles. The minimum atomic E-state index is -0.701. The van der Waals surface area contributed by atoms with Crippen molar-refractivity contribution in [3.8, 4) is 5.75 Å². The van der Waals surface area contributed by atoms with E-state index in [-0.39, 0.29) is 5.91 Å². The van der Waals surface area contributed by atoms with Gasteiger partial charge in [-0.1, -0.05) is 35.5 Å². The van der Waals surface area contributed by atoms with E-state index in [4.69, 9.17) is 15.0 Å². The molecular formula is C20H19N3O3. The molecule has 2 aromatic carbocycles. The summed E-state index contributed by atoms with van der Waals surface area (Å²) in [6.07, 6.45) is -0.701. The standard InChI is InChI=1S/C20H19N3O3/c1-12-16(13(2)26-22-12)11-23-17-10-15(21)8-9-18(17)25-19(20(23)24)14-6-4-3-5-7-14/h3-10,19H,11,21H2,1-2H3. The second-order valence-electron chi connectivity index (χ2n) is 6.36. The smallest absolute Gasteiger partial charge is 0.273 e. The highest BCUT2D eigenvalue weighted by Crippen LogP contribution is 2.41. The Morgan fingerprint density at radius 3 is 2.62 bits per heavy atom.